The third-order valence-corrected chi connectivity index (χ3v) is 5.78. The first-order chi connectivity index (χ1) is 12.2. The molecule has 0 N–H and O–H groups in total. The molecule has 9 heteroatoms. The Labute approximate surface area is 150 Å². The van der Waals surface area contributed by atoms with Gasteiger partial charge in [0, 0.05) is 51.2 Å². The third kappa shape index (κ3) is 3.24. The van der Waals surface area contributed by atoms with Crippen molar-refractivity contribution in [3.8, 4) is 0 Å². The zero-order valence-electron chi connectivity index (χ0n) is 14.7. The normalized spacial score (nSPS) is 29.0. The van der Waals surface area contributed by atoms with Gasteiger partial charge in [-0.2, -0.15) is 13.2 Å². The summed E-state index contributed by atoms with van der Waals surface area (Å²) in [6, 6.07) is 0.561. The van der Waals surface area contributed by atoms with Crippen molar-refractivity contribution in [1.29, 1.82) is 0 Å². The van der Waals surface area contributed by atoms with Gasteiger partial charge in [-0.05, 0) is 18.3 Å². The van der Waals surface area contributed by atoms with Crippen LogP contribution in [0.4, 0.5) is 19.1 Å². The summed E-state index contributed by atoms with van der Waals surface area (Å²) < 4.78 is 37.7. The molecule has 6 nitrogen and oxygen atoms in total. The highest BCUT2D eigenvalue weighted by atomic mass is 19.4. The molecule has 1 aromatic heterocycles. The van der Waals surface area contributed by atoms with Crippen LogP contribution in [0.3, 0.4) is 0 Å². The van der Waals surface area contributed by atoms with E-state index in [4.69, 9.17) is 0 Å². The van der Waals surface area contributed by atoms with Crippen molar-refractivity contribution in [1.82, 2.24) is 19.8 Å². The quantitative estimate of drug-likeness (QED) is 0.811. The molecule has 4 aliphatic rings. The number of nitrogens with zero attached hydrogens (tertiary/aromatic N) is 5. The first kappa shape index (κ1) is 17.5. The molecule has 0 atom stereocenters. The van der Waals surface area contributed by atoms with Gasteiger partial charge in [0.05, 0.1) is 12.1 Å². The third-order valence-electron chi connectivity index (χ3n) is 5.78. The first-order valence-corrected chi connectivity index (χ1v) is 8.90. The van der Waals surface area contributed by atoms with Crippen molar-refractivity contribution >= 4 is 11.9 Å². The Hall–Kier alpha value is -1.90. The van der Waals surface area contributed by atoms with Crippen LogP contribution in [-0.2, 0) is 11.0 Å². The predicted molar refractivity (Wildman–Crippen MR) is 88.5 cm³/mol. The fourth-order valence-corrected chi connectivity index (χ4v) is 4.33. The number of carbonyl (C=O) groups excluding carboxylic acids is 1. The minimum Gasteiger partial charge on any atom is -0.338 e. The van der Waals surface area contributed by atoms with Gasteiger partial charge >= 0.3 is 6.18 Å². The summed E-state index contributed by atoms with van der Waals surface area (Å²) in [5, 5.41) is 0. The van der Waals surface area contributed by atoms with Crippen molar-refractivity contribution in [2.75, 3.05) is 44.2 Å². The number of amides is 1. The second-order valence-electron chi connectivity index (χ2n) is 7.92. The van der Waals surface area contributed by atoms with Crippen molar-refractivity contribution in [2.45, 2.75) is 32.0 Å². The van der Waals surface area contributed by atoms with Gasteiger partial charge in [0.1, 0.15) is 0 Å². The molecular formula is C17H22F3N5O. The summed E-state index contributed by atoms with van der Waals surface area (Å²) in [5.41, 5.74) is -0.448. The van der Waals surface area contributed by atoms with Gasteiger partial charge < -0.3 is 9.80 Å². The lowest BCUT2D eigenvalue weighted by atomic mass is 9.72. The Morgan fingerprint density at radius 3 is 2.31 bits per heavy atom. The van der Waals surface area contributed by atoms with E-state index in [0.29, 0.717) is 44.2 Å². The largest absolute Gasteiger partial charge is 0.419 e. The summed E-state index contributed by atoms with van der Waals surface area (Å²) in [5.74, 6) is 0.410. The lowest BCUT2D eigenvalue weighted by molar-refractivity contribution is -0.138. The minimum atomic E-state index is -4.43. The van der Waals surface area contributed by atoms with Gasteiger partial charge in [0.15, 0.2) is 0 Å². The molecule has 4 fully saturated rings. The number of anilines is 1. The maximum absolute atomic E-state index is 12.6. The summed E-state index contributed by atoms with van der Waals surface area (Å²) in [7, 11) is 0. The lowest BCUT2D eigenvalue weighted by Gasteiger charge is -2.36. The number of rotatable bonds is 3. The average Bonchev–Trinajstić information content (AvgIpc) is 3.06. The molecule has 1 amide bonds. The molecule has 5 rings (SSSR count). The molecule has 4 heterocycles. The summed E-state index contributed by atoms with van der Waals surface area (Å²) >= 11 is 0. The molecule has 3 saturated heterocycles. The van der Waals surface area contributed by atoms with Crippen LogP contribution in [0.25, 0.3) is 0 Å². The zero-order chi connectivity index (χ0) is 18.5. The highest BCUT2D eigenvalue weighted by molar-refractivity contribution is 5.78. The standard InChI is InChI=1S/C17H22F3N5O/c1-16-6-13(7-16)25(11-16)10-14(26)23-2-4-24(5-3-23)15-21-8-12(9-22-15)17(18,19)20/h8-9,13H,2-7,10-11H2,1H3. The number of hydrogen-bond donors (Lipinski definition) is 0. The molecule has 26 heavy (non-hydrogen) atoms. The maximum atomic E-state index is 12.6. The second-order valence-corrected chi connectivity index (χ2v) is 7.92. The van der Waals surface area contributed by atoms with Crippen LogP contribution in [0.15, 0.2) is 12.4 Å². The summed E-state index contributed by atoms with van der Waals surface area (Å²) in [4.78, 5) is 26.1. The van der Waals surface area contributed by atoms with Crippen molar-refractivity contribution in [3.05, 3.63) is 18.0 Å². The Balaban J connectivity index is 1.29. The highest BCUT2D eigenvalue weighted by Crippen LogP contribution is 2.51. The van der Waals surface area contributed by atoms with Crippen LogP contribution in [0.2, 0.25) is 0 Å². The molecule has 142 valence electrons. The predicted octanol–water partition coefficient (Wildman–Crippen LogP) is 1.63. The van der Waals surface area contributed by atoms with E-state index >= 15 is 0 Å². The van der Waals surface area contributed by atoms with E-state index in [-0.39, 0.29) is 11.9 Å². The van der Waals surface area contributed by atoms with Crippen LogP contribution >= 0.6 is 0 Å². The summed E-state index contributed by atoms with van der Waals surface area (Å²) in [6.07, 6.45) is -0.435. The van der Waals surface area contributed by atoms with Crippen molar-refractivity contribution < 1.29 is 18.0 Å². The highest BCUT2D eigenvalue weighted by Gasteiger charge is 2.52. The topological polar surface area (TPSA) is 52.6 Å². The molecule has 1 aliphatic carbocycles. The van der Waals surface area contributed by atoms with Crippen LogP contribution in [-0.4, -0.2) is 71.0 Å². The van der Waals surface area contributed by atoms with Gasteiger partial charge in [-0.3, -0.25) is 9.69 Å². The molecule has 0 spiro atoms. The molecule has 3 aliphatic heterocycles. The fraction of sp³-hybridized carbons (Fsp3) is 0.706. The Kier molecular flexibility index (Phi) is 4.09. The van der Waals surface area contributed by atoms with Gasteiger partial charge in [0.2, 0.25) is 11.9 Å². The molecular weight excluding hydrogens is 347 g/mol. The second kappa shape index (κ2) is 6.07. The van der Waals surface area contributed by atoms with E-state index in [9.17, 15) is 18.0 Å². The van der Waals surface area contributed by atoms with E-state index in [0.717, 1.165) is 18.9 Å². The maximum Gasteiger partial charge on any atom is 0.419 e. The molecule has 2 bridgehead atoms. The number of fused-ring (bicyclic) bond motifs is 1. The molecule has 1 saturated carbocycles. The molecule has 0 aromatic carbocycles. The molecule has 0 unspecified atom stereocenters. The zero-order valence-corrected chi connectivity index (χ0v) is 14.7. The monoisotopic (exact) mass is 369 g/mol. The van der Waals surface area contributed by atoms with Crippen LogP contribution in [0.5, 0.6) is 0 Å². The van der Waals surface area contributed by atoms with Gasteiger partial charge in [-0.15, -0.1) is 0 Å². The SMILES string of the molecule is CC12CC(C1)N(CC(=O)N1CCN(c3ncc(C(F)(F)F)cn3)CC1)C2. The van der Waals surface area contributed by atoms with E-state index < -0.39 is 11.7 Å². The number of aromatic nitrogens is 2. The Morgan fingerprint density at radius 2 is 1.81 bits per heavy atom. The van der Waals surface area contributed by atoms with Gasteiger partial charge in [-0.1, -0.05) is 6.92 Å². The van der Waals surface area contributed by atoms with E-state index in [1.54, 1.807) is 0 Å². The fourth-order valence-electron chi connectivity index (χ4n) is 4.33. The Bertz CT molecular complexity index is 679. The van der Waals surface area contributed by atoms with Crippen molar-refractivity contribution in [3.63, 3.8) is 0 Å². The summed E-state index contributed by atoms with van der Waals surface area (Å²) in [6.45, 7) is 5.88. The van der Waals surface area contributed by atoms with Crippen molar-refractivity contribution in [2.24, 2.45) is 5.41 Å². The van der Waals surface area contributed by atoms with Crippen LogP contribution in [0, 0.1) is 5.41 Å². The smallest absolute Gasteiger partial charge is 0.338 e. The number of carbonyl (C=O) groups is 1. The van der Waals surface area contributed by atoms with E-state index in [1.165, 1.54) is 12.8 Å². The first-order valence-electron chi connectivity index (χ1n) is 8.90. The average molecular weight is 369 g/mol. The minimum absolute atomic E-state index is 0.133. The van der Waals surface area contributed by atoms with Crippen LogP contribution in [0.1, 0.15) is 25.3 Å². The van der Waals surface area contributed by atoms with E-state index in [1.807, 2.05) is 9.80 Å². The number of hydrogen-bond acceptors (Lipinski definition) is 5. The lowest BCUT2D eigenvalue weighted by Crippen LogP contribution is -2.51. The molecule has 1 aromatic rings. The number of halogens is 3. The molecule has 0 radical (unpaired) electrons. The van der Waals surface area contributed by atoms with Crippen LogP contribution < -0.4 is 4.90 Å². The Morgan fingerprint density at radius 1 is 1.19 bits per heavy atom. The number of alkyl halides is 3. The van der Waals surface area contributed by atoms with Gasteiger partial charge in [0.25, 0.3) is 0 Å². The van der Waals surface area contributed by atoms with E-state index in [2.05, 4.69) is 21.8 Å². The number of piperazine rings is 1. The van der Waals surface area contributed by atoms with Gasteiger partial charge in [-0.25, -0.2) is 9.97 Å².